The Labute approximate surface area is 137 Å². The first-order valence-corrected chi connectivity index (χ1v) is 8.09. The molecule has 0 saturated carbocycles. The Morgan fingerprint density at radius 2 is 2.14 bits per heavy atom. The molecular weight excluding hydrogens is 324 g/mol. The summed E-state index contributed by atoms with van der Waals surface area (Å²) in [5.74, 6) is -0.947. The summed E-state index contributed by atoms with van der Waals surface area (Å²) in [7, 11) is 0. The molecule has 1 saturated heterocycles. The smallest absolute Gasteiger partial charge is 0.347 e. The minimum absolute atomic E-state index is 0.267. The summed E-state index contributed by atoms with van der Waals surface area (Å²) in [6.45, 7) is 4.74. The van der Waals surface area contributed by atoms with Crippen LogP contribution < -0.4 is 4.90 Å². The van der Waals surface area contributed by atoms with Crippen molar-refractivity contribution >= 4 is 34.6 Å². The third-order valence-electron chi connectivity index (χ3n) is 3.54. The Hall–Kier alpha value is -1.63. The number of ether oxygens (including phenoxy) is 1. The molecule has 1 aromatic carbocycles. The van der Waals surface area contributed by atoms with E-state index in [0.717, 1.165) is 24.3 Å². The standard InChI is InChI=1S/C15H15ClN2O3S/c1-9-13(15(19)20)22-14(17-9)10-2-3-12(11(16)8-10)18-4-6-21-7-5-18/h2-3,8H,4-7H2,1H3,(H,19,20). The van der Waals surface area contributed by atoms with Gasteiger partial charge < -0.3 is 14.7 Å². The quantitative estimate of drug-likeness (QED) is 0.930. The number of thiazole rings is 1. The molecule has 0 spiro atoms. The first kappa shape index (κ1) is 15.3. The van der Waals surface area contributed by atoms with Crippen LogP contribution in [0.2, 0.25) is 5.02 Å². The minimum Gasteiger partial charge on any atom is -0.477 e. The lowest BCUT2D eigenvalue weighted by Gasteiger charge is -2.29. The average Bonchev–Trinajstić information content (AvgIpc) is 2.90. The van der Waals surface area contributed by atoms with Gasteiger partial charge in [-0.15, -0.1) is 11.3 Å². The maximum atomic E-state index is 11.1. The number of carboxylic acid groups (broad SMARTS) is 1. The van der Waals surface area contributed by atoms with Gasteiger partial charge in [0.05, 0.1) is 29.6 Å². The fourth-order valence-electron chi connectivity index (χ4n) is 2.42. The molecule has 1 aromatic heterocycles. The Morgan fingerprint density at radius 1 is 1.41 bits per heavy atom. The van der Waals surface area contributed by atoms with Gasteiger partial charge in [0.2, 0.25) is 0 Å². The van der Waals surface area contributed by atoms with E-state index in [0.29, 0.717) is 28.9 Å². The molecule has 5 nitrogen and oxygen atoms in total. The number of anilines is 1. The van der Waals surface area contributed by atoms with Crippen LogP contribution in [0.15, 0.2) is 18.2 Å². The second kappa shape index (κ2) is 6.24. The van der Waals surface area contributed by atoms with Gasteiger partial charge in [-0.25, -0.2) is 9.78 Å². The summed E-state index contributed by atoms with van der Waals surface area (Å²) in [6.07, 6.45) is 0. The predicted molar refractivity (Wildman–Crippen MR) is 87.3 cm³/mol. The molecule has 0 unspecified atom stereocenters. The van der Waals surface area contributed by atoms with E-state index >= 15 is 0 Å². The van der Waals surface area contributed by atoms with Gasteiger partial charge in [0.15, 0.2) is 0 Å². The number of halogens is 1. The molecule has 22 heavy (non-hydrogen) atoms. The highest BCUT2D eigenvalue weighted by Gasteiger charge is 2.18. The molecule has 7 heteroatoms. The van der Waals surface area contributed by atoms with Gasteiger partial charge in [0.1, 0.15) is 9.88 Å². The molecule has 3 rings (SSSR count). The molecule has 0 atom stereocenters. The maximum Gasteiger partial charge on any atom is 0.347 e. The fraction of sp³-hybridized carbons (Fsp3) is 0.333. The number of carbonyl (C=O) groups is 1. The minimum atomic E-state index is -0.947. The van der Waals surface area contributed by atoms with Gasteiger partial charge in [0.25, 0.3) is 0 Å². The fourth-order valence-corrected chi connectivity index (χ4v) is 3.62. The van der Waals surface area contributed by atoms with Crippen LogP contribution in [0, 0.1) is 6.92 Å². The van der Waals surface area contributed by atoms with Crippen molar-refractivity contribution in [1.29, 1.82) is 0 Å². The van der Waals surface area contributed by atoms with Gasteiger partial charge in [0, 0.05) is 18.7 Å². The Kier molecular flexibility index (Phi) is 4.33. The number of hydrogen-bond acceptors (Lipinski definition) is 5. The first-order chi connectivity index (χ1) is 10.6. The zero-order chi connectivity index (χ0) is 15.7. The molecule has 0 aliphatic carbocycles. The van der Waals surface area contributed by atoms with E-state index < -0.39 is 5.97 Å². The third kappa shape index (κ3) is 2.95. The third-order valence-corrected chi connectivity index (χ3v) is 5.03. The van der Waals surface area contributed by atoms with Crippen molar-refractivity contribution in [2.45, 2.75) is 6.92 Å². The van der Waals surface area contributed by atoms with E-state index in [1.54, 1.807) is 6.92 Å². The monoisotopic (exact) mass is 338 g/mol. The first-order valence-electron chi connectivity index (χ1n) is 6.89. The van der Waals surface area contributed by atoms with E-state index in [4.69, 9.17) is 21.4 Å². The molecule has 1 N–H and O–H groups in total. The molecule has 0 amide bonds. The van der Waals surface area contributed by atoms with Crippen molar-refractivity contribution in [3.63, 3.8) is 0 Å². The Balaban J connectivity index is 1.91. The Morgan fingerprint density at radius 3 is 2.73 bits per heavy atom. The number of aryl methyl sites for hydroxylation is 1. The van der Waals surface area contributed by atoms with Crippen LogP contribution in [-0.4, -0.2) is 42.4 Å². The van der Waals surface area contributed by atoms with Gasteiger partial charge >= 0.3 is 5.97 Å². The molecule has 0 bridgehead atoms. The molecular formula is C15H15ClN2O3S. The van der Waals surface area contributed by atoms with Gasteiger partial charge in [-0.1, -0.05) is 11.6 Å². The van der Waals surface area contributed by atoms with Gasteiger partial charge in [-0.2, -0.15) is 0 Å². The van der Waals surface area contributed by atoms with E-state index in [1.807, 2.05) is 18.2 Å². The van der Waals surface area contributed by atoms with Crippen molar-refractivity contribution < 1.29 is 14.6 Å². The van der Waals surface area contributed by atoms with Crippen LogP contribution in [0.25, 0.3) is 10.6 Å². The summed E-state index contributed by atoms with van der Waals surface area (Å²) in [5, 5.41) is 10.4. The van der Waals surface area contributed by atoms with E-state index in [1.165, 1.54) is 11.3 Å². The highest BCUT2D eigenvalue weighted by atomic mass is 35.5. The van der Waals surface area contributed by atoms with Crippen molar-refractivity contribution in [2.24, 2.45) is 0 Å². The predicted octanol–water partition coefficient (Wildman–Crippen LogP) is 3.31. The molecule has 1 fully saturated rings. The number of nitrogens with zero attached hydrogens (tertiary/aromatic N) is 2. The molecule has 1 aliphatic rings. The lowest BCUT2D eigenvalue weighted by Crippen LogP contribution is -2.36. The molecule has 1 aliphatic heterocycles. The average molecular weight is 339 g/mol. The highest BCUT2D eigenvalue weighted by molar-refractivity contribution is 7.17. The lowest BCUT2D eigenvalue weighted by molar-refractivity contribution is 0.0701. The number of benzene rings is 1. The van der Waals surface area contributed by atoms with E-state index in [9.17, 15) is 4.79 Å². The normalized spacial score (nSPS) is 15.1. The van der Waals surface area contributed by atoms with Crippen LogP contribution in [0.4, 0.5) is 5.69 Å². The van der Waals surface area contributed by atoms with Crippen molar-refractivity contribution in [1.82, 2.24) is 4.98 Å². The summed E-state index contributed by atoms with van der Waals surface area (Å²) in [4.78, 5) is 17.9. The van der Waals surface area contributed by atoms with Crippen LogP contribution in [-0.2, 0) is 4.74 Å². The number of aromatic carboxylic acids is 1. The van der Waals surface area contributed by atoms with Crippen molar-refractivity contribution in [2.75, 3.05) is 31.2 Å². The number of aromatic nitrogens is 1. The van der Waals surface area contributed by atoms with Crippen LogP contribution in [0.5, 0.6) is 0 Å². The SMILES string of the molecule is Cc1nc(-c2ccc(N3CCOCC3)c(Cl)c2)sc1C(=O)O. The largest absolute Gasteiger partial charge is 0.477 e. The second-order valence-corrected chi connectivity index (χ2v) is 6.41. The highest BCUT2D eigenvalue weighted by Crippen LogP contribution is 2.34. The molecule has 2 heterocycles. The zero-order valence-corrected chi connectivity index (χ0v) is 13.6. The number of carboxylic acids is 1. The number of hydrogen-bond donors (Lipinski definition) is 1. The Bertz CT molecular complexity index is 711. The topological polar surface area (TPSA) is 62.7 Å². The molecule has 116 valence electrons. The number of morpholine rings is 1. The van der Waals surface area contributed by atoms with Crippen LogP contribution in [0.3, 0.4) is 0 Å². The maximum absolute atomic E-state index is 11.1. The van der Waals surface area contributed by atoms with Crippen LogP contribution in [0.1, 0.15) is 15.4 Å². The van der Waals surface area contributed by atoms with Crippen molar-refractivity contribution in [3.8, 4) is 10.6 Å². The summed E-state index contributed by atoms with van der Waals surface area (Å²) < 4.78 is 5.34. The summed E-state index contributed by atoms with van der Waals surface area (Å²) in [5.41, 5.74) is 2.34. The zero-order valence-electron chi connectivity index (χ0n) is 12.0. The summed E-state index contributed by atoms with van der Waals surface area (Å²) in [6, 6.07) is 5.73. The summed E-state index contributed by atoms with van der Waals surface area (Å²) >= 11 is 7.57. The van der Waals surface area contributed by atoms with Crippen LogP contribution >= 0.6 is 22.9 Å². The van der Waals surface area contributed by atoms with E-state index in [-0.39, 0.29) is 4.88 Å². The van der Waals surface area contributed by atoms with E-state index in [2.05, 4.69) is 9.88 Å². The van der Waals surface area contributed by atoms with Gasteiger partial charge in [-0.05, 0) is 25.1 Å². The lowest BCUT2D eigenvalue weighted by atomic mass is 10.2. The van der Waals surface area contributed by atoms with Crippen molar-refractivity contribution in [3.05, 3.63) is 33.8 Å². The molecule has 0 radical (unpaired) electrons. The van der Waals surface area contributed by atoms with Gasteiger partial charge in [-0.3, -0.25) is 0 Å². The number of rotatable bonds is 3. The molecule has 2 aromatic rings. The second-order valence-electron chi connectivity index (χ2n) is 5.00.